The molecule has 3 nitrogen and oxygen atoms in total. The summed E-state index contributed by atoms with van der Waals surface area (Å²) >= 11 is 11.3. The van der Waals surface area contributed by atoms with Crippen LogP contribution in [0, 0.1) is 0 Å². The molecule has 0 unspecified atom stereocenters. The third-order valence-electron chi connectivity index (χ3n) is 1.46. The molecule has 88 valence electrons. The van der Waals surface area contributed by atoms with Crippen molar-refractivity contribution >= 4 is 34.9 Å². The molecular formula is C8H5Cl2F3N2O. The topological polar surface area (TPSA) is 41.1 Å². The van der Waals surface area contributed by atoms with E-state index in [0.717, 1.165) is 5.32 Å². The molecule has 0 bridgehead atoms. The van der Waals surface area contributed by atoms with E-state index in [1.54, 1.807) is 0 Å². The quantitative estimate of drug-likeness (QED) is 0.753. The van der Waals surface area contributed by atoms with Crippen molar-refractivity contribution < 1.29 is 18.0 Å². The van der Waals surface area contributed by atoms with Crippen LogP contribution in [0.25, 0.3) is 0 Å². The van der Waals surface area contributed by atoms with Crippen LogP contribution in [-0.4, -0.2) is 12.3 Å². The molecule has 1 aromatic carbocycles. The second-order valence-corrected chi connectivity index (χ2v) is 3.46. The SMILES string of the molecule is O=C(Nc1cccc(Cl)c1Cl)NC(F)(F)F. The molecule has 0 radical (unpaired) electrons. The van der Waals surface area contributed by atoms with Gasteiger partial charge in [0.15, 0.2) is 0 Å². The highest BCUT2D eigenvalue weighted by atomic mass is 35.5. The van der Waals surface area contributed by atoms with Crippen molar-refractivity contribution in [2.45, 2.75) is 6.30 Å². The van der Waals surface area contributed by atoms with Crippen LogP contribution in [0.1, 0.15) is 0 Å². The van der Waals surface area contributed by atoms with Crippen molar-refractivity contribution in [1.82, 2.24) is 5.32 Å². The van der Waals surface area contributed by atoms with E-state index in [0.29, 0.717) is 0 Å². The number of carbonyl (C=O) groups is 1. The first-order chi connectivity index (χ1) is 7.29. The monoisotopic (exact) mass is 272 g/mol. The van der Waals surface area contributed by atoms with Crippen LogP contribution in [0.2, 0.25) is 10.0 Å². The smallest absolute Gasteiger partial charge is 0.306 e. The minimum atomic E-state index is -4.80. The summed E-state index contributed by atoms with van der Waals surface area (Å²) < 4.78 is 35.3. The number of rotatable bonds is 1. The molecule has 0 aliphatic heterocycles. The van der Waals surface area contributed by atoms with Gasteiger partial charge < -0.3 is 5.32 Å². The molecule has 0 aliphatic rings. The Labute approximate surface area is 98.5 Å². The van der Waals surface area contributed by atoms with Crippen molar-refractivity contribution in [2.75, 3.05) is 5.32 Å². The summed E-state index contributed by atoms with van der Waals surface area (Å²) in [7, 11) is 0. The number of alkyl halides is 3. The maximum atomic E-state index is 11.8. The van der Waals surface area contributed by atoms with Gasteiger partial charge in [0.2, 0.25) is 0 Å². The zero-order chi connectivity index (χ0) is 12.3. The van der Waals surface area contributed by atoms with Gasteiger partial charge in [0, 0.05) is 0 Å². The largest absolute Gasteiger partial charge is 0.485 e. The Morgan fingerprint density at radius 2 is 1.88 bits per heavy atom. The molecule has 16 heavy (non-hydrogen) atoms. The van der Waals surface area contributed by atoms with Crippen LogP contribution < -0.4 is 10.6 Å². The molecule has 1 aromatic rings. The molecule has 1 rings (SSSR count). The van der Waals surface area contributed by atoms with E-state index in [1.807, 2.05) is 5.32 Å². The minimum Gasteiger partial charge on any atom is -0.306 e. The number of hydrogen-bond acceptors (Lipinski definition) is 1. The lowest BCUT2D eigenvalue weighted by atomic mass is 10.3. The van der Waals surface area contributed by atoms with Gasteiger partial charge in [0.1, 0.15) is 0 Å². The van der Waals surface area contributed by atoms with Gasteiger partial charge in [0.25, 0.3) is 0 Å². The lowest BCUT2D eigenvalue weighted by Crippen LogP contribution is -2.40. The van der Waals surface area contributed by atoms with Crippen LogP contribution in [0.3, 0.4) is 0 Å². The number of benzene rings is 1. The van der Waals surface area contributed by atoms with Crippen molar-refractivity contribution in [3.63, 3.8) is 0 Å². The molecule has 0 heterocycles. The Hall–Kier alpha value is -1.14. The normalized spacial score (nSPS) is 11.1. The number of amides is 2. The number of carbonyl (C=O) groups excluding carboxylic acids is 1. The summed E-state index contributed by atoms with van der Waals surface area (Å²) in [6.45, 7) is 0. The number of hydrogen-bond donors (Lipinski definition) is 2. The zero-order valence-corrected chi connectivity index (χ0v) is 9.04. The molecule has 2 N–H and O–H groups in total. The summed E-state index contributed by atoms with van der Waals surface area (Å²) in [4.78, 5) is 10.8. The second kappa shape index (κ2) is 4.80. The molecule has 0 aromatic heterocycles. The van der Waals surface area contributed by atoms with E-state index in [2.05, 4.69) is 0 Å². The predicted octanol–water partition coefficient (Wildman–Crippen LogP) is 3.63. The molecule has 0 fully saturated rings. The van der Waals surface area contributed by atoms with Crippen molar-refractivity contribution in [2.24, 2.45) is 0 Å². The predicted molar refractivity (Wildman–Crippen MR) is 54.7 cm³/mol. The Bertz CT molecular complexity index is 409. The van der Waals surface area contributed by atoms with Gasteiger partial charge in [-0.1, -0.05) is 29.3 Å². The number of urea groups is 1. The van der Waals surface area contributed by atoms with Crippen LogP contribution in [0.15, 0.2) is 18.2 Å². The van der Waals surface area contributed by atoms with E-state index in [4.69, 9.17) is 23.2 Å². The summed E-state index contributed by atoms with van der Waals surface area (Å²) in [5.41, 5.74) is -0.00378. The van der Waals surface area contributed by atoms with Crippen molar-refractivity contribution in [3.8, 4) is 0 Å². The molecular weight excluding hydrogens is 268 g/mol. The van der Waals surface area contributed by atoms with Gasteiger partial charge in [-0.3, -0.25) is 0 Å². The average molecular weight is 273 g/mol. The van der Waals surface area contributed by atoms with E-state index in [1.165, 1.54) is 18.2 Å². The number of nitrogens with one attached hydrogen (secondary N) is 2. The lowest BCUT2D eigenvalue weighted by molar-refractivity contribution is -0.144. The molecule has 0 atom stereocenters. The number of anilines is 1. The van der Waals surface area contributed by atoms with E-state index in [9.17, 15) is 18.0 Å². The zero-order valence-electron chi connectivity index (χ0n) is 7.53. The fourth-order valence-corrected chi connectivity index (χ4v) is 1.23. The summed E-state index contributed by atoms with van der Waals surface area (Å²) in [5, 5.41) is 2.79. The van der Waals surface area contributed by atoms with Gasteiger partial charge in [-0.05, 0) is 12.1 Å². The lowest BCUT2D eigenvalue weighted by Gasteiger charge is -2.11. The van der Waals surface area contributed by atoms with Crippen LogP contribution in [0.4, 0.5) is 23.7 Å². The van der Waals surface area contributed by atoms with E-state index in [-0.39, 0.29) is 15.7 Å². The van der Waals surface area contributed by atoms with Crippen molar-refractivity contribution in [3.05, 3.63) is 28.2 Å². The maximum absolute atomic E-state index is 11.8. The third-order valence-corrected chi connectivity index (χ3v) is 2.27. The first-order valence-corrected chi connectivity index (χ1v) is 4.65. The average Bonchev–Trinajstić information content (AvgIpc) is 2.09. The number of halogens is 5. The van der Waals surface area contributed by atoms with Crippen molar-refractivity contribution in [1.29, 1.82) is 0 Å². The minimum absolute atomic E-state index is 0.00378. The van der Waals surface area contributed by atoms with Gasteiger partial charge in [-0.25, -0.2) is 10.1 Å². The fourth-order valence-electron chi connectivity index (χ4n) is 0.883. The van der Waals surface area contributed by atoms with Gasteiger partial charge in [-0.15, -0.1) is 0 Å². The summed E-state index contributed by atoms with van der Waals surface area (Å²) in [6.07, 6.45) is -4.80. The fraction of sp³-hybridized carbons (Fsp3) is 0.125. The highest BCUT2D eigenvalue weighted by molar-refractivity contribution is 6.43. The Balaban J connectivity index is 2.74. The van der Waals surface area contributed by atoms with Crippen LogP contribution in [-0.2, 0) is 0 Å². The first kappa shape index (κ1) is 12.9. The van der Waals surface area contributed by atoms with Gasteiger partial charge in [-0.2, -0.15) is 13.2 Å². The molecule has 2 amide bonds. The first-order valence-electron chi connectivity index (χ1n) is 3.89. The highest BCUT2D eigenvalue weighted by Gasteiger charge is 2.30. The summed E-state index contributed by atoms with van der Waals surface area (Å²) in [6, 6.07) is 2.77. The molecule has 0 saturated heterocycles. The summed E-state index contributed by atoms with van der Waals surface area (Å²) in [5.74, 6) is 0. The molecule has 0 spiro atoms. The maximum Gasteiger partial charge on any atom is 0.485 e. The van der Waals surface area contributed by atoms with Gasteiger partial charge >= 0.3 is 12.3 Å². The Kier molecular flexibility index (Phi) is 3.88. The Morgan fingerprint density at radius 3 is 2.44 bits per heavy atom. The van der Waals surface area contributed by atoms with Crippen LogP contribution >= 0.6 is 23.2 Å². The van der Waals surface area contributed by atoms with E-state index < -0.39 is 12.3 Å². The second-order valence-electron chi connectivity index (χ2n) is 2.68. The highest BCUT2D eigenvalue weighted by Crippen LogP contribution is 2.29. The standard InChI is InChI=1S/C8H5Cl2F3N2O/c9-4-2-1-3-5(6(4)10)14-7(16)15-8(11,12)13/h1-3H,(H2,14,15,16). The molecule has 0 aliphatic carbocycles. The third kappa shape index (κ3) is 3.79. The van der Waals surface area contributed by atoms with Gasteiger partial charge in [0.05, 0.1) is 15.7 Å². The van der Waals surface area contributed by atoms with E-state index >= 15 is 0 Å². The van der Waals surface area contributed by atoms with Crippen LogP contribution in [0.5, 0.6) is 0 Å². The Morgan fingerprint density at radius 1 is 1.25 bits per heavy atom. The molecule has 0 saturated carbocycles. The molecule has 8 heteroatoms.